The first-order valence-electron chi connectivity index (χ1n) is 8.01. The number of ether oxygens (including phenoxy) is 1. The summed E-state index contributed by atoms with van der Waals surface area (Å²) in [6, 6.07) is 6.18. The van der Waals surface area contributed by atoms with Crippen LogP contribution in [-0.2, 0) is 11.3 Å². The molecule has 5 rings (SSSR count). The zero-order chi connectivity index (χ0) is 17.1. The van der Waals surface area contributed by atoms with Crippen LogP contribution < -0.4 is 5.56 Å². The van der Waals surface area contributed by atoms with E-state index in [-0.39, 0.29) is 29.5 Å². The van der Waals surface area contributed by atoms with E-state index in [1.165, 1.54) is 15.4 Å². The molecule has 0 radical (unpaired) electrons. The summed E-state index contributed by atoms with van der Waals surface area (Å²) in [5, 5.41) is 22.3. The third-order valence-corrected chi connectivity index (χ3v) is 5.02. The van der Waals surface area contributed by atoms with Gasteiger partial charge >= 0.3 is 0 Å². The van der Waals surface area contributed by atoms with E-state index in [2.05, 4.69) is 15.4 Å². The summed E-state index contributed by atoms with van der Waals surface area (Å²) < 4.78 is 21.7. The third-order valence-electron chi connectivity index (χ3n) is 5.02. The molecule has 1 saturated carbocycles. The van der Waals surface area contributed by atoms with E-state index >= 15 is 0 Å². The number of nitrogens with zero attached hydrogens (tertiary/aromatic N) is 5. The molecule has 2 aromatic heterocycles. The maximum absolute atomic E-state index is 13.8. The van der Waals surface area contributed by atoms with Crippen LogP contribution >= 0.6 is 0 Å². The van der Waals surface area contributed by atoms with Crippen molar-refractivity contribution in [2.45, 2.75) is 12.6 Å². The van der Waals surface area contributed by atoms with Crippen molar-refractivity contribution >= 4 is 11.0 Å². The van der Waals surface area contributed by atoms with Crippen molar-refractivity contribution in [2.75, 3.05) is 13.2 Å². The van der Waals surface area contributed by atoms with E-state index < -0.39 is 11.4 Å². The first-order valence-corrected chi connectivity index (χ1v) is 8.01. The van der Waals surface area contributed by atoms with Gasteiger partial charge in [0.15, 0.2) is 11.0 Å². The van der Waals surface area contributed by atoms with E-state index in [0.29, 0.717) is 30.6 Å². The van der Waals surface area contributed by atoms with E-state index in [9.17, 15) is 14.3 Å². The molecule has 1 aliphatic carbocycles. The zero-order valence-electron chi connectivity index (χ0n) is 13.0. The van der Waals surface area contributed by atoms with Gasteiger partial charge in [0.2, 0.25) is 5.88 Å². The Morgan fingerprint density at radius 2 is 2.00 bits per heavy atom. The van der Waals surface area contributed by atoms with Crippen LogP contribution in [0.25, 0.3) is 11.0 Å². The predicted octanol–water partition coefficient (Wildman–Crippen LogP) is 0.698. The average Bonchev–Trinajstić information content (AvgIpc) is 2.93. The first kappa shape index (κ1) is 14.5. The molecule has 25 heavy (non-hydrogen) atoms. The predicted molar refractivity (Wildman–Crippen MR) is 83.6 cm³/mol. The second-order valence-electron chi connectivity index (χ2n) is 6.46. The normalized spacial score (nSPS) is 24.6. The fourth-order valence-electron chi connectivity index (χ4n) is 3.59. The van der Waals surface area contributed by atoms with Crippen LogP contribution in [0.15, 0.2) is 29.1 Å². The summed E-state index contributed by atoms with van der Waals surface area (Å²) in [6.45, 7) is 1.24. The maximum atomic E-state index is 13.8. The van der Waals surface area contributed by atoms with Gasteiger partial charge in [-0.15, -0.1) is 5.10 Å². The molecular weight excluding hydrogens is 329 g/mol. The number of halogens is 1. The van der Waals surface area contributed by atoms with Crippen molar-refractivity contribution < 1.29 is 14.2 Å². The summed E-state index contributed by atoms with van der Waals surface area (Å²) in [7, 11) is 0. The molecule has 3 aromatic rings. The number of aromatic nitrogens is 5. The van der Waals surface area contributed by atoms with Crippen LogP contribution in [0.3, 0.4) is 0 Å². The van der Waals surface area contributed by atoms with Gasteiger partial charge in [-0.1, -0.05) is 23.4 Å². The standard InChI is InChI=1S/C16H14FN5O3/c17-11-4-2-1-3-8(11)5-21-15(23)12-13(19-21)16(24)22(20-18-12)14-9-6-25-7-10(9)14/h1-4,9-10,14,23H,5-7H2/t9-,10+,14-. The van der Waals surface area contributed by atoms with Crippen LogP contribution in [-0.4, -0.2) is 43.1 Å². The van der Waals surface area contributed by atoms with Crippen molar-refractivity contribution in [3.05, 3.63) is 46.0 Å². The Morgan fingerprint density at radius 1 is 1.24 bits per heavy atom. The Bertz CT molecular complexity index is 1040. The minimum atomic E-state index is -0.407. The number of hydrogen-bond acceptors (Lipinski definition) is 6. The molecule has 128 valence electrons. The lowest BCUT2D eigenvalue weighted by molar-refractivity contribution is 0.149. The van der Waals surface area contributed by atoms with Gasteiger partial charge < -0.3 is 9.84 Å². The largest absolute Gasteiger partial charge is 0.492 e. The molecule has 1 N–H and O–H groups in total. The highest BCUT2D eigenvalue weighted by Crippen LogP contribution is 2.53. The second kappa shape index (κ2) is 5.09. The fraction of sp³-hybridized carbons (Fsp3) is 0.375. The molecule has 0 amide bonds. The van der Waals surface area contributed by atoms with Gasteiger partial charge in [-0.25, -0.2) is 13.8 Å². The van der Waals surface area contributed by atoms with E-state index in [0.717, 1.165) is 0 Å². The number of hydrogen-bond donors (Lipinski definition) is 1. The number of fused-ring (bicyclic) bond motifs is 2. The van der Waals surface area contributed by atoms with Crippen LogP contribution in [0.2, 0.25) is 0 Å². The summed E-state index contributed by atoms with van der Waals surface area (Å²) in [4.78, 5) is 12.7. The van der Waals surface area contributed by atoms with E-state index in [1.54, 1.807) is 18.2 Å². The van der Waals surface area contributed by atoms with Gasteiger partial charge in [0.25, 0.3) is 5.56 Å². The SMILES string of the molecule is O=c1c2nn(Cc3ccccc3F)c(O)c2nnn1[C@@H]1[C@@H]2COC[C@@H]21. The number of aromatic hydroxyl groups is 1. The third kappa shape index (κ3) is 2.08. The molecule has 1 aromatic carbocycles. The Balaban J connectivity index is 1.56. The van der Waals surface area contributed by atoms with Crippen molar-refractivity contribution in [3.8, 4) is 5.88 Å². The van der Waals surface area contributed by atoms with Crippen LogP contribution in [0.1, 0.15) is 11.6 Å². The van der Waals surface area contributed by atoms with Crippen molar-refractivity contribution in [3.63, 3.8) is 0 Å². The molecule has 0 bridgehead atoms. The minimum Gasteiger partial charge on any atom is -0.492 e. The fourth-order valence-corrected chi connectivity index (χ4v) is 3.59. The van der Waals surface area contributed by atoms with E-state index in [4.69, 9.17) is 4.74 Å². The summed E-state index contributed by atoms with van der Waals surface area (Å²) in [5.41, 5.74) is 0.0223. The Hall–Kier alpha value is -2.81. The van der Waals surface area contributed by atoms with Gasteiger partial charge in [0, 0.05) is 17.4 Å². The minimum absolute atomic E-state index is 0.00315. The molecular formula is C16H14FN5O3. The van der Waals surface area contributed by atoms with Crippen molar-refractivity contribution in [2.24, 2.45) is 11.8 Å². The summed E-state index contributed by atoms with van der Waals surface area (Å²) in [5.74, 6) is -0.123. The Kier molecular flexibility index (Phi) is 2.96. The van der Waals surface area contributed by atoms with Gasteiger partial charge in [-0.2, -0.15) is 5.10 Å². The van der Waals surface area contributed by atoms with Crippen LogP contribution in [0, 0.1) is 17.7 Å². The lowest BCUT2D eigenvalue weighted by Gasteiger charge is -2.04. The van der Waals surface area contributed by atoms with Gasteiger partial charge in [-0.05, 0) is 6.07 Å². The maximum Gasteiger partial charge on any atom is 0.298 e. The molecule has 0 spiro atoms. The van der Waals surface area contributed by atoms with Crippen LogP contribution in [0.4, 0.5) is 4.39 Å². The molecule has 3 atom stereocenters. The van der Waals surface area contributed by atoms with Crippen molar-refractivity contribution in [1.82, 2.24) is 24.8 Å². The highest BCUT2D eigenvalue weighted by molar-refractivity contribution is 5.77. The smallest absolute Gasteiger partial charge is 0.298 e. The molecule has 3 heterocycles. The van der Waals surface area contributed by atoms with Crippen LogP contribution in [0.5, 0.6) is 5.88 Å². The summed E-state index contributed by atoms with van der Waals surface area (Å²) in [6.07, 6.45) is 0. The van der Waals surface area contributed by atoms with Gasteiger partial charge in [-0.3, -0.25) is 4.79 Å². The van der Waals surface area contributed by atoms with Crippen molar-refractivity contribution in [1.29, 1.82) is 0 Å². The molecule has 1 aliphatic heterocycles. The highest BCUT2D eigenvalue weighted by atomic mass is 19.1. The quantitative estimate of drug-likeness (QED) is 0.752. The number of benzene rings is 1. The monoisotopic (exact) mass is 343 g/mol. The summed E-state index contributed by atoms with van der Waals surface area (Å²) >= 11 is 0. The average molecular weight is 343 g/mol. The molecule has 2 aliphatic rings. The zero-order valence-corrected chi connectivity index (χ0v) is 13.0. The Morgan fingerprint density at radius 3 is 2.76 bits per heavy atom. The molecule has 2 fully saturated rings. The molecule has 1 saturated heterocycles. The number of rotatable bonds is 3. The van der Waals surface area contributed by atoms with Gasteiger partial charge in [0.1, 0.15) is 5.82 Å². The van der Waals surface area contributed by atoms with E-state index in [1.807, 2.05) is 0 Å². The molecule has 9 heteroatoms. The highest BCUT2D eigenvalue weighted by Gasteiger charge is 2.56. The topological polar surface area (TPSA) is 95.1 Å². The van der Waals surface area contributed by atoms with Gasteiger partial charge in [0.05, 0.1) is 25.8 Å². The molecule has 8 nitrogen and oxygen atoms in total. The molecule has 0 unspecified atom stereocenters. The second-order valence-corrected chi connectivity index (χ2v) is 6.46. The Labute approximate surface area is 140 Å². The lowest BCUT2D eigenvalue weighted by atomic mass is 10.2. The first-order chi connectivity index (χ1) is 12.1. The lowest BCUT2D eigenvalue weighted by Crippen LogP contribution is -2.26.